The molecule has 0 unspecified atom stereocenters. The molecule has 1 heterocycles. The van der Waals surface area contributed by atoms with Crippen LogP contribution in [0.25, 0.3) is 22.4 Å². The Balaban J connectivity index is 1.02. The van der Waals surface area contributed by atoms with Crippen LogP contribution in [0.2, 0.25) is 0 Å². The van der Waals surface area contributed by atoms with Crippen LogP contribution in [0.4, 0.5) is 9.93 Å². The maximum atomic E-state index is 12.4. The first-order chi connectivity index (χ1) is 18.7. The van der Waals surface area contributed by atoms with E-state index >= 15 is 0 Å². The van der Waals surface area contributed by atoms with Crippen LogP contribution in [-0.4, -0.2) is 24.0 Å². The summed E-state index contributed by atoms with van der Waals surface area (Å²) in [6, 6.07) is 33.5. The minimum absolute atomic E-state index is 0.0114. The largest absolute Gasteiger partial charge is 0.513 e. The van der Waals surface area contributed by atoms with Gasteiger partial charge in [0, 0.05) is 16.9 Å². The highest BCUT2D eigenvalue weighted by Gasteiger charge is 2.29. The summed E-state index contributed by atoms with van der Waals surface area (Å²) in [5.74, 6) is 0.391. The zero-order valence-electron chi connectivity index (χ0n) is 20.3. The summed E-state index contributed by atoms with van der Waals surface area (Å²) < 4.78 is 10.9. The first-order valence-electron chi connectivity index (χ1n) is 12.2. The number of nitrogens with one attached hydrogen (secondary N) is 1. The summed E-state index contributed by atoms with van der Waals surface area (Å²) in [6.07, 6.45) is 0.952. The van der Waals surface area contributed by atoms with Gasteiger partial charge in [0.05, 0.1) is 11.9 Å². The molecule has 0 saturated heterocycles. The summed E-state index contributed by atoms with van der Waals surface area (Å²) in [6.45, 7) is 0.214. The topological polar surface area (TPSA) is 72.8 Å². The van der Waals surface area contributed by atoms with Gasteiger partial charge >= 0.3 is 6.16 Å². The molecule has 4 aromatic carbocycles. The monoisotopic (exact) mass is 517 g/mol. The van der Waals surface area contributed by atoms with Gasteiger partial charge < -0.3 is 9.47 Å². The van der Waals surface area contributed by atoms with E-state index in [2.05, 4.69) is 39.8 Å². The summed E-state index contributed by atoms with van der Waals surface area (Å²) in [5.41, 5.74) is 10.5. The number of fused-ring (bicyclic) bond motifs is 3. The van der Waals surface area contributed by atoms with Crippen molar-refractivity contribution in [1.82, 2.24) is 4.98 Å². The zero-order chi connectivity index (χ0) is 25.7. The van der Waals surface area contributed by atoms with Crippen molar-refractivity contribution in [3.8, 4) is 28.1 Å². The van der Waals surface area contributed by atoms with Crippen LogP contribution < -0.4 is 10.2 Å². The number of thiazole rings is 1. The highest BCUT2D eigenvalue weighted by atomic mass is 32.1. The van der Waals surface area contributed by atoms with Crippen molar-refractivity contribution < 1.29 is 14.3 Å². The SMILES string of the molecule is O=C(OCC1c2ccccc2-c2ccccc21)Oc1ccc(C=NNc2nc(-c3ccccc3)cs2)cc1. The van der Waals surface area contributed by atoms with E-state index in [0.717, 1.165) is 27.9 Å². The molecular formula is C31H23N3O3S. The zero-order valence-corrected chi connectivity index (χ0v) is 21.1. The third-order valence-electron chi connectivity index (χ3n) is 6.36. The lowest BCUT2D eigenvalue weighted by Gasteiger charge is -2.14. The number of benzene rings is 4. The fourth-order valence-corrected chi connectivity index (χ4v) is 5.24. The second kappa shape index (κ2) is 10.7. The van der Waals surface area contributed by atoms with Gasteiger partial charge in [-0.25, -0.2) is 9.78 Å². The molecule has 0 saturated carbocycles. The quantitative estimate of drug-likeness (QED) is 0.104. The predicted molar refractivity (Wildman–Crippen MR) is 151 cm³/mol. The first-order valence-corrected chi connectivity index (χ1v) is 13.1. The Morgan fingerprint density at radius 2 is 1.53 bits per heavy atom. The maximum absolute atomic E-state index is 12.4. The summed E-state index contributed by atoms with van der Waals surface area (Å²) >= 11 is 1.49. The van der Waals surface area contributed by atoms with Crippen molar-refractivity contribution in [2.75, 3.05) is 12.0 Å². The molecule has 186 valence electrons. The molecule has 0 spiro atoms. The lowest BCUT2D eigenvalue weighted by molar-refractivity contribution is 0.0965. The summed E-state index contributed by atoms with van der Waals surface area (Å²) in [7, 11) is 0. The van der Waals surface area contributed by atoms with Crippen LogP contribution in [0.15, 0.2) is 114 Å². The van der Waals surface area contributed by atoms with E-state index in [1.165, 1.54) is 22.5 Å². The van der Waals surface area contributed by atoms with Crippen LogP contribution >= 0.6 is 11.3 Å². The lowest BCUT2D eigenvalue weighted by Crippen LogP contribution is -2.15. The second-order valence-electron chi connectivity index (χ2n) is 8.73. The van der Waals surface area contributed by atoms with Crippen LogP contribution in [-0.2, 0) is 4.74 Å². The normalized spacial score (nSPS) is 12.2. The van der Waals surface area contributed by atoms with Gasteiger partial charge in [0.25, 0.3) is 0 Å². The average molecular weight is 518 g/mol. The van der Waals surface area contributed by atoms with Gasteiger partial charge in [-0.1, -0.05) is 78.9 Å². The molecule has 6 rings (SSSR count). The van der Waals surface area contributed by atoms with Crippen LogP contribution in [0.1, 0.15) is 22.6 Å². The molecule has 1 aliphatic carbocycles. The van der Waals surface area contributed by atoms with E-state index in [9.17, 15) is 4.79 Å². The van der Waals surface area contributed by atoms with Crippen molar-refractivity contribution in [2.45, 2.75) is 5.92 Å². The number of carbonyl (C=O) groups is 1. The number of nitrogens with zero attached hydrogens (tertiary/aromatic N) is 2. The maximum Gasteiger partial charge on any atom is 0.513 e. The van der Waals surface area contributed by atoms with Crippen LogP contribution in [0.3, 0.4) is 0 Å². The molecule has 6 nitrogen and oxygen atoms in total. The fraction of sp³-hybridized carbons (Fsp3) is 0.0645. The van der Waals surface area contributed by atoms with E-state index in [1.54, 1.807) is 18.3 Å². The summed E-state index contributed by atoms with van der Waals surface area (Å²) in [5, 5.41) is 6.95. The fourth-order valence-electron chi connectivity index (χ4n) is 4.57. The average Bonchev–Trinajstić information content (AvgIpc) is 3.56. The van der Waals surface area contributed by atoms with Gasteiger partial charge in [0.15, 0.2) is 0 Å². The minimum atomic E-state index is -0.729. The Morgan fingerprint density at radius 3 is 2.24 bits per heavy atom. The molecule has 0 radical (unpaired) electrons. The number of ether oxygens (including phenoxy) is 2. The molecule has 0 amide bonds. The molecule has 1 aliphatic rings. The Bertz CT molecular complexity index is 1550. The highest BCUT2D eigenvalue weighted by molar-refractivity contribution is 7.14. The highest BCUT2D eigenvalue weighted by Crippen LogP contribution is 2.44. The van der Waals surface area contributed by atoms with Crippen molar-refractivity contribution in [1.29, 1.82) is 0 Å². The van der Waals surface area contributed by atoms with Crippen molar-refractivity contribution in [2.24, 2.45) is 5.10 Å². The smallest absolute Gasteiger partial charge is 0.433 e. The Hall–Kier alpha value is -4.75. The molecule has 38 heavy (non-hydrogen) atoms. The van der Waals surface area contributed by atoms with E-state index in [1.807, 2.05) is 72.1 Å². The first kappa shape index (κ1) is 23.6. The van der Waals surface area contributed by atoms with Crippen molar-refractivity contribution in [3.63, 3.8) is 0 Å². The van der Waals surface area contributed by atoms with Gasteiger partial charge in [-0.3, -0.25) is 5.43 Å². The van der Waals surface area contributed by atoms with E-state index in [-0.39, 0.29) is 12.5 Å². The van der Waals surface area contributed by atoms with Gasteiger partial charge in [0.2, 0.25) is 5.13 Å². The standard InChI is InChI=1S/C31H23N3O3S/c35-31(36-19-28-26-12-6-4-10-24(26)25-11-5-7-13-27(25)28)37-23-16-14-21(15-17-23)18-32-34-30-33-29(20-38-30)22-8-2-1-3-9-22/h1-18,20,28H,19H2,(H,33,34). The molecule has 1 aromatic heterocycles. The Kier molecular flexibility index (Phi) is 6.66. The Morgan fingerprint density at radius 1 is 0.868 bits per heavy atom. The molecule has 7 heteroatoms. The van der Waals surface area contributed by atoms with Gasteiger partial charge in [-0.05, 0) is 52.1 Å². The number of hydrazone groups is 1. The molecule has 0 bridgehead atoms. The molecule has 0 fully saturated rings. The molecule has 5 aromatic rings. The van der Waals surface area contributed by atoms with Crippen LogP contribution in [0, 0.1) is 0 Å². The number of aromatic nitrogens is 1. The van der Waals surface area contributed by atoms with Crippen LogP contribution in [0.5, 0.6) is 5.75 Å². The molecule has 0 aliphatic heterocycles. The lowest BCUT2D eigenvalue weighted by atomic mass is 9.98. The van der Waals surface area contributed by atoms with Gasteiger partial charge in [-0.15, -0.1) is 11.3 Å². The van der Waals surface area contributed by atoms with Gasteiger partial charge in [0.1, 0.15) is 12.4 Å². The summed E-state index contributed by atoms with van der Waals surface area (Å²) in [4.78, 5) is 17.0. The second-order valence-corrected chi connectivity index (χ2v) is 9.59. The van der Waals surface area contributed by atoms with E-state index < -0.39 is 6.16 Å². The number of carbonyl (C=O) groups excluding carboxylic acids is 1. The molecular weight excluding hydrogens is 494 g/mol. The number of hydrogen-bond acceptors (Lipinski definition) is 7. The third-order valence-corrected chi connectivity index (χ3v) is 7.11. The number of anilines is 1. The van der Waals surface area contributed by atoms with E-state index in [0.29, 0.717) is 10.9 Å². The number of hydrogen-bond donors (Lipinski definition) is 1. The predicted octanol–water partition coefficient (Wildman–Crippen LogP) is 7.58. The minimum Gasteiger partial charge on any atom is -0.433 e. The number of rotatable bonds is 7. The molecule has 1 N–H and O–H groups in total. The molecule has 0 atom stereocenters. The van der Waals surface area contributed by atoms with Gasteiger partial charge in [-0.2, -0.15) is 5.10 Å². The van der Waals surface area contributed by atoms with Crippen molar-refractivity contribution >= 4 is 28.8 Å². The Labute approximate surface area is 224 Å². The van der Waals surface area contributed by atoms with Crippen molar-refractivity contribution in [3.05, 3.63) is 125 Å². The third kappa shape index (κ3) is 5.05. The van der Waals surface area contributed by atoms with E-state index in [4.69, 9.17) is 9.47 Å².